The summed E-state index contributed by atoms with van der Waals surface area (Å²) in [6.45, 7) is 0.430. The molecule has 0 aliphatic carbocycles. The van der Waals surface area contributed by atoms with Gasteiger partial charge in [-0.3, -0.25) is 9.69 Å². The van der Waals surface area contributed by atoms with Gasteiger partial charge in [-0.1, -0.05) is 57.5 Å². The van der Waals surface area contributed by atoms with E-state index < -0.39 is 0 Å². The van der Waals surface area contributed by atoms with Crippen molar-refractivity contribution in [2.24, 2.45) is 0 Å². The summed E-state index contributed by atoms with van der Waals surface area (Å²) < 4.78 is 0.977. The molecule has 2 aromatic carbocycles. The number of benzene rings is 2. The maximum Gasteiger partial charge on any atom is 0.229 e. The van der Waals surface area contributed by atoms with Gasteiger partial charge in [0, 0.05) is 27.5 Å². The third kappa shape index (κ3) is 3.60. The quantitative estimate of drug-likeness (QED) is 0.608. The van der Waals surface area contributed by atoms with Crippen LogP contribution in [0, 0.1) is 11.3 Å². The van der Waals surface area contributed by atoms with Crippen LogP contribution in [0.4, 0.5) is 5.69 Å². The van der Waals surface area contributed by atoms with Crippen LogP contribution in [0.1, 0.15) is 17.9 Å². The molecule has 0 aromatic heterocycles. The Kier molecular flexibility index (Phi) is 5.18. The standard InChI is InChI=1S/C20H15BrClN3OS/c21-14-6-4-13(5-7-14)17-9-19(26)25-11-24(12-27-20(25)18(17)10-23)16-3-1-2-15(22)8-16/h1-8,17H,9,11-12H2/t17-/m1/s1. The molecule has 4 nitrogen and oxygen atoms in total. The maximum atomic E-state index is 12.9. The van der Waals surface area contributed by atoms with E-state index in [0.29, 0.717) is 29.6 Å². The SMILES string of the molecule is N#CC1=C2SCN(c3cccc(Cl)c3)CN2C(=O)C[C@@H]1c1ccc(Br)cc1. The summed E-state index contributed by atoms with van der Waals surface area (Å²) in [6.07, 6.45) is 0.304. The van der Waals surface area contributed by atoms with Crippen LogP contribution in [0.5, 0.6) is 0 Å². The summed E-state index contributed by atoms with van der Waals surface area (Å²) in [7, 11) is 0. The van der Waals surface area contributed by atoms with Crippen LogP contribution < -0.4 is 4.90 Å². The minimum Gasteiger partial charge on any atom is -0.344 e. The maximum absolute atomic E-state index is 12.9. The van der Waals surface area contributed by atoms with Gasteiger partial charge in [0.1, 0.15) is 0 Å². The Morgan fingerprint density at radius 1 is 1.22 bits per heavy atom. The fourth-order valence-electron chi connectivity index (χ4n) is 3.38. The molecule has 0 unspecified atom stereocenters. The predicted molar refractivity (Wildman–Crippen MR) is 112 cm³/mol. The molecule has 4 rings (SSSR count). The van der Waals surface area contributed by atoms with E-state index in [1.165, 1.54) is 11.8 Å². The highest BCUT2D eigenvalue weighted by Gasteiger charge is 2.38. The third-order valence-corrected chi connectivity index (χ3v) is 6.66. The Labute approximate surface area is 175 Å². The largest absolute Gasteiger partial charge is 0.344 e. The first-order valence-corrected chi connectivity index (χ1v) is 10.6. The fraction of sp³-hybridized carbons (Fsp3) is 0.200. The van der Waals surface area contributed by atoms with Gasteiger partial charge in [-0.05, 0) is 35.9 Å². The van der Waals surface area contributed by atoms with E-state index in [1.807, 2.05) is 48.5 Å². The fourth-order valence-corrected chi connectivity index (χ4v) is 4.99. The van der Waals surface area contributed by atoms with Crippen molar-refractivity contribution in [1.29, 1.82) is 5.26 Å². The number of fused-ring (bicyclic) bond motifs is 1. The smallest absolute Gasteiger partial charge is 0.229 e. The molecule has 0 saturated carbocycles. The van der Waals surface area contributed by atoms with E-state index in [1.54, 1.807) is 4.90 Å². The first-order valence-electron chi connectivity index (χ1n) is 8.40. The lowest BCUT2D eigenvalue weighted by Gasteiger charge is -2.42. The normalized spacial score (nSPS) is 19.7. The van der Waals surface area contributed by atoms with E-state index in [-0.39, 0.29) is 11.8 Å². The number of amides is 1. The molecule has 7 heteroatoms. The van der Waals surface area contributed by atoms with Crippen molar-refractivity contribution in [3.63, 3.8) is 0 Å². The average Bonchev–Trinajstić information content (AvgIpc) is 2.68. The Hall–Kier alpha value is -1.94. The molecule has 1 fully saturated rings. The number of allylic oxidation sites excluding steroid dienone is 1. The number of nitrogens with zero attached hydrogens (tertiary/aromatic N) is 3. The summed E-state index contributed by atoms with van der Waals surface area (Å²) in [5, 5.41) is 11.3. The highest BCUT2D eigenvalue weighted by molar-refractivity contribution is 9.10. The molecule has 0 radical (unpaired) electrons. The first kappa shape index (κ1) is 18.4. The molecule has 1 amide bonds. The second-order valence-electron chi connectivity index (χ2n) is 6.40. The van der Waals surface area contributed by atoms with Crippen LogP contribution in [0.3, 0.4) is 0 Å². The summed E-state index contributed by atoms with van der Waals surface area (Å²) in [5.41, 5.74) is 2.64. The molecule has 1 atom stereocenters. The van der Waals surface area contributed by atoms with Crippen molar-refractivity contribution in [2.45, 2.75) is 12.3 Å². The summed E-state index contributed by atoms with van der Waals surface area (Å²) >= 11 is 11.1. The van der Waals surface area contributed by atoms with Crippen LogP contribution in [0.2, 0.25) is 5.02 Å². The van der Waals surface area contributed by atoms with Crippen LogP contribution in [-0.4, -0.2) is 23.4 Å². The summed E-state index contributed by atoms with van der Waals surface area (Å²) in [4.78, 5) is 16.7. The van der Waals surface area contributed by atoms with E-state index in [2.05, 4.69) is 26.9 Å². The van der Waals surface area contributed by atoms with E-state index >= 15 is 0 Å². The van der Waals surface area contributed by atoms with Gasteiger partial charge in [0.25, 0.3) is 0 Å². The predicted octanol–water partition coefficient (Wildman–Crippen LogP) is 5.32. The summed E-state index contributed by atoms with van der Waals surface area (Å²) in [6, 6.07) is 17.8. The topological polar surface area (TPSA) is 47.3 Å². The molecule has 0 spiro atoms. The molecule has 136 valence electrons. The van der Waals surface area contributed by atoms with Gasteiger partial charge in [0.05, 0.1) is 29.2 Å². The number of anilines is 1. The molecule has 2 aromatic rings. The molecule has 2 heterocycles. The summed E-state index contributed by atoms with van der Waals surface area (Å²) in [5.74, 6) is 0.515. The lowest BCUT2D eigenvalue weighted by Crippen LogP contribution is -2.47. The number of hydrogen-bond donors (Lipinski definition) is 0. The van der Waals surface area contributed by atoms with Crippen LogP contribution in [0.15, 0.2) is 63.6 Å². The van der Waals surface area contributed by atoms with Gasteiger partial charge in [-0.2, -0.15) is 5.26 Å². The Bertz CT molecular complexity index is 970. The van der Waals surface area contributed by atoms with Crippen LogP contribution >= 0.6 is 39.3 Å². The van der Waals surface area contributed by atoms with E-state index in [9.17, 15) is 10.1 Å². The number of carbonyl (C=O) groups is 1. The lowest BCUT2D eigenvalue weighted by molar-refractivity contribution is -0.129. The van der Waals surface area contributed by atoms with Gasteiger partial charge in [-0.25, -0.2) is 0 Å². The molecular formula is C20H15BrClN3OS. The first-order chi connectivity index (χ1) is 13.1. The Morgan fingerprint density at radius 3 is 2.70 bits per heavy atom. The number of carbonyl (C=O) groups excluding carboxylic acids is 1. The second-order valence-corrected chi connectivity index (χ2v) is 8.68. The van der Waals surface area contributed by atoms with Gasteiger partial charge < -0.3 is 4.90 Å². The highest BCUT2D eigenvalue weighted by atomic mass is 79.9. The van der Waals surface area contributed by atoms with Crippen molar-refractivity contribution >= 4 is 50.9 Å². The van der Waals surface area contributed by atoms with E-state index in [0.717, 1.165) is 20.8 Å². The lowest BCUT2D eigenvalue weighted by atomic mass is 9.86. The molecule has 2 aliphatic heterocycles. The van der Waals surface area contributed by atoms with Gasteiger partial charge >= 0.3 is 0 Å². The number of rotatable bonds is 2. The third-order valence-electron chi connectivity index (χ3n) is 4.74. The van der Waals surface area contributed by atoms with Crippen molar-refractivity contribution in [3.05, 3.63) is 74.2 Å². The molecular weight excluding hydrogens is 446 g/mol. The van der Waals surface area contributed by atoms with Crippen molar-refractivity contribution in [1.82, 2.24) is 4.90 Å². The number of thioether (sulfide) groups is 1. The van der Waals surface area contributed by atoms with Gasteiger partial charge in [-0.15, -0.1) is 0 Å². The average molecular weight is 461 g/mol. The second kappa shape index (κ2) is 7.59. The molecule has 0 bridgehead atoms. The van der Waals surface area contributed by atoms with Crippen LogP contribution in [0.25, 0.3) is 0 Å². The monoisotopic (exact) mass is 459 g/mol. The number of nitriles is 1. The van der Waals surface area contributed by atoms with Crippen LogP contribution in [-0.2, 0) is 4.79 Å². The zero-order chi connectivity index (χ0) is 19.0. The Morgan fingerprint density at radius 2 is 2.00 bits per heavy atom. The molecule has 1 saturated heterocycles. The molecule has 0 N–H and O–H groups in total. The Balaban J connectivity index is 1.66. The number of hydrogen-bond acceptors (Lipinski definition) is 4. The zero-order valence-corrected chi connectivity index (χ0v) is 17.4. The minimum absolute atomic E-state index is 0.0381. The zero-order valence-electron chi connectivity index (χ0n) is 14.2. The molecule has 27 heavy (non-hydrogen) atoms. The molecule has 2 aliphatic rings. The highest BCUT2D eigenvalue weighted by Crippen LogP contribution is 2.43. The van der Waals surface area contributed by atoms with Crippen molar-refractivity contribution in [2.75, 3.05) is 17.4 Å². The minimum atomic E-state index is -0.188. The van der Waals surface area contributed by atoms with Crippen molar-refractivity contribution in [3.8, 4) is 6.07 Å². The number of halogens is 2. The van der Waals surface area contributed by atoms with Crippen molar-refractivity contribution < 1.29 is 4.79 Å². The van der Waals surface area contributed by atoms with E-state index in [4.69, 9.17) is 11.6 Å². The van der Waals surface area contributed by atoms with Gasteiger partial charge in [0.15, 0.2) is 0 Å². The van der Waals surface area contributed by atoms with Gasteiger partial charge in [0.2, 0.25) is 5.91 Å².